The number of carbonyl (C=O) groups is 2. The van der Waals surface area contributed by atoms with Crippen LogP contribution in [0.4, 0.5) is 29.3 Å². The highest BCUT2D eigenvalue weighted by Crippen LogP contribution is 2.35. The number of anilines is 2. The smallest absolute Gasteiger partial charge is 0.367 e. The number of amides is 3. The average Bonchev–Trinajstić information content (AvgIpc) is 2.82. The molecule has 0 aliphatic carbocycles. The van der Waals surface area contributed by atoms with Crippen LogP contribution in [0.15, 0.2) is 42.5 Å². The fourth-order valence-electron chi connectivity index (χ4n) is 3.85. The third-order valence-corrected chi connectivity index (χ3v) is 5.62. The molecule has 0 aromatic heterocycles. The molecule has 2 aromatic carbocycles. The second-order valence-electron chi connectivity index (χ2n) is 7.55. The maximum absolute atomic E-state index is 13.4. The van der Waals surface area contributed by atoms with Gasteiger partial charge in [0.15, 0.2) is 0 Å². The van der Waals surface area contributed by atoms with Crippen LogP contribution in [0.25, 0.3) is 0 Å². The van der Waals surface area contributed by atoms with Crippen molar-refractivity contribution in [3.63, 3.8) is 0 Å². The lowest BCUT2D eigenvalue weighted by atomic mass is 10.0. The molecule has 1 fully saturated rings. The Balaban J connectivity index is 1.85. The summed E-state index contributed by atoms with van der Waals surface area (Å²) in [6.45, 7) is 2.31. The zero-order valence-electron chi connectivity index (χ0n) is 18.2. The molecule has 1 unspecified atom stereocenters. The van der Waals surface area contributed by atoms with Crippen molar-refractivity contribution in [1.82, 2.24) is 10.2 Å². The Kier molecular flexibility index (Phi) is 7.11. The molecule has 1 saturated heterocycles. The van der Waals surface area contributed by atoms with Crippen molar-refractivity contribution in [2.45, 2.75) is 25.6 Å². The number of likely N-dealkylation sites (N-methyl/N-ethyl adjacent to an activating group) is 1. The highest BCUT2D eigenvalue weighted by atomic mass is 19.4. The van der Waals surface area contributed by atoms with E-state index in [0.717, 1.165) is 17.7 Å². The molecule has 2 N–H and O–H groups in total. The number of nitrogens with one attached hydrogen (secondary N) is 2. The fourth-order valence-corrected chi connectivity index (χ4v) is 3.85. The number of benzene rings is 2. The van der Waals surface area contributed by atoms with Gasteiger partial charge in [0.25, 0.3) is 0 Å². The molecule has 1 aliphatic rings. The maximum Gasteiger partial charge on any atom is 0.417 e. The Bertz CT molecular complexity index is 1080. The van der Waals surface area contributed by atoms with E-state index in [0.29, 0.717) is 12.1 Å². The number of nitrogens with zero attached hydrogens (tertiary/aromatic N) is 3. The first-order valence-corrected chi connectivity index (χ1v) is 10.4. The minimum Gasteiger partial charge on any atom is -0.367 e. The van der Waals surface area contributed by atoms with Gasteiger partial charge in [-0.1, -0.05) is 25.1 Å². The van der Waals surface area contributed by atoms with Crippen molar-refractivity contribution < 1.29 is 22.8 Å². The number of carbonyl (C=O) groups excluding carboxylic acids is 2. The quantitative estimate of drug-likeness (QED) is 0.731. The first-order valence-electron chi connectivity index (χ1n) is 10.4. The fraction of sp³-hybridized carbons (Fsp3) is 0.348. The van der Waals surface area contributed by atoms with E-state index in [-0.39, 0.29) is 25.3 Å². The number of aryl methyl sites for hydroxylation is 1. The van der Waals surface area contributed by atoms with Gasteiger partial charge in [-0.2, -0.15) is 18.4 Å². The molecule has 10 heteroatoms. The Labute approximate surface area is 189 Å². The third-order valence-electron chi connectivity index (χ3n) is 5.62. The van der Waals surface area contributed by atoms with Crippen LogP contribution in [0.1, 0.15) is 23.6 Å². The topological polar surface area (TPSA) is 88.5 Å². The van der Waals surface area contributed by atoms with Gasteiger partial charge in [0.05, 0.1) is 17.2 Å². The molecule has 1 heterocycles. The van der Waals surface area contributed by atoms with Crippen LogP contribution in [-0.2, 0) is 17.4 Å². The van der Waals surface area contributed by atoms with Crippen molar-refractivity contribution in [2.75, 3.05) is 36.9 Å². The van der Waals surface area contributed by atoms with Gasteiger partial charge in [0, 0.05) is 38.1 Å². The van der Waals surface area contributed by atoms with Crippen molar-refractivity contribution in [2.24, 2.45) is 0 Å². The number of rotatable bonds is 4. The lowest BCUT2D eigenvalue weighted by Crippen LogP contribution is -2.61. The molecule has 33 heavy (non-hydrogen) atoms. The molecule has 7 nitrogen and oxygen atoms in total. The second kappa shape index (κ2) is 9.81. The van der Waals surface area contributed by atoms with E-state index >= 15 is 0 Å². The normalized spacial score (nSPS) is 16.2. The van der Waals surface area contributed by atoms with E-state index in [9.17, 15) is 22.8 Å². The molecular formula is C23H24F3N5O2. The van der Waals surface area contributed by atoms with Crippen LogP contribution in [-0.4, -0.2) is 49.6 Å². The lowest BCUT2D eigenvalue weighted by molar-refractivity contribution is -0.137. The first kappa shape index (κ1) is 23.9. The number of piperazine rings is 1. The number of hydrogen-bond acceptors (Lipinski definition) is 4. The van der Waals surface area contributed by atoms with Crippen LogP contribution in [0.2, 0.25) is 0 Å². The van der Waals surface area contributed by atoms with Crippen molar-refractivity contribution in [1.29, 1.82) is 5.26 Å². The van der Waals surface area contributed by atoms with Gasteiger partial charge in [0.1, 0.15) is 6.04 Å². The number of urea groups is 1. The summed E-state index contributed by atoms with van der Waals surface area (Å²) in [5, 5.41) is 14.4. The molecule has 174 valence electrons. The van der Waals surface area contributed by atoms with Crippen molar-refractivity contribution >= 4 is 23.3 Å². The summed E-state index contributed by atoms with van der Waals surface area (Å²) >= 11 is 0. The summed E-state index contributed by atoms with van der Waals surface area (Å²) < 4.78 is 40.2. The highest BCUT2D eigenvalue weighted by molar-refractivity contribution is 5.95. The summed E-state index contributed by atoms with van der Waals surface area (Å²) in [5.74, 6) is -0.427. The zero-order valence-corrected chi connectivity index (χ0v) is 18.2. The maximum atomic E-state index is 13.4. The molecule has 0 spiro atoms. The standard InChI is InChI=1S/C23H24F3N5O2/c1-3-15-6-4-5-7-19(15)29-22(33)31-11-10-30(14-20(31)21(32)28-2)17-9-8-16(13-27)18(12-17)23(24,25)26/h4-9,12,20H,3,10-11,14H2,1-2H3,(H,28,32)(H,29,33). The van der Waals surface area contributed by atoms with Gasteiger partial charge >= 0.3 is 12.2 Å². The minimum atomic E-state index is -4.68. The molecule has 1 atom stereocenters. The van der Waals surface area contributed by atoms with Gasteiger partial charge in [-0.3, -0.25) is 4.79 Å². The van der Waals surface area contributed by atoms with Crippen LogP contribution in [0, 0.1) is 11.3 Å². The van der Waals surface area contributed by atoms with Crippen LogP contribution < -0.4 is 15.5 Å². The number of halogens is 3. The van der Waals surface area contributed by atoms with E-state index in [1.54, 1.807) is 23.1 Å². The van der Waals surface area contributed by atoms with Gasteiger partial charge < -0.3 is 20.4 Å². The van der Waals surface area contributed by atoms with E-state index < -0.39 is 35.3 Å². The van der Waals surface area contributed by atoms with Crippen molar-refractivity contribution in [3.05, 3.63) is 59.2 Å². The summed E-state index contributed by atoms with van der Waals surface area (Å²) in [5.41, 5.74) is 0.312. The average molecular weight is 459 g/mol. The van der Waals surface area contributed by atoms with Crippen molar-refractivity contribution in [3.8, 4) is 6.07 Å². The minimum absolute atomic E-state index is 0.00567. The number of hydrogen-bond donors (Lipinski definition) is 2. The lowest BCUT2D eigenvalue weighted by Gasteiger charge is -2.41. The summed E-state index contributed by atoms with van der Waals surface area (Å²) in [6.07, 6.45) is -3.97. The van der Waals surface area contributed by atoms with E-state index in [2.05, 4.69) is 10.6 Å². The Hall–Kier alpha value is -3.74. The van der Waals surface area contributed by atoms with E-state index in [4.69, 9.17) is 5.26 Å². The number of nitriles is 1. The number of para-hydroxylation sites is 1. The Morgan fingerprint density at radius 2 is 1.91 bits per heavy atom. The molecule has 0 radical (unpaired) electrons. The SMILES string of the molecule is CCc1ccccc1NC(=O)N1CCN(c2ccc(C#N)c(C(F)(F)F)c2)CC1C(=O)NC. The summed E-state index contributed by atoms with van der Waals surface area (Å²) in [4.78, 5) is 28.6. The van der Waals surface area contributed by atoms with E-state index in [1.807, 2.05) is 19.1 Å². The predicted molar refractivity (Wildman–Crippen MR) is 118 cm³/mol. The molecule has 1 aliphatic heterocycles. The van der Waals surface area contributed by atoms with Gasteiger partial charge in [-0.15, -0.1) is 0 Å². The number of alkyl halides is 3. The summed E-state index contributed by atoms with van der Waals surface area (Å²) in [7, 11) is 1.44. The summed E-state index contributed by atoms with van der Waals surface area (Å²) in [6, 6.07) is 11.0. The van der Waals surface area contributed by atoms with Gasteiger partial charge in [-0.05, 0) is 36.2 Å². The van der Waals surface area contributed by atoms with Crippen LogP contribution in [0.3, 0.4) is 0 Å². The monoisotopic (exact) mass is 459 g/mol. The van der Waals surface area contributed by atoms with Gasteiger partial charge in [0.2, 0.25) is 5.91 Å². The third kappa shape index (κ3) is 5.19. The molecule has 0 saturated carbocycles. The molecule has 3 amide bonds. The highest BCUT2D eigenvalue weighted by Gasteiger charge is 2.37. The first-order chi connectivity index (χ1) is 15.7. The largest absolute Gasteiger partial charge is 0.417 e. The predicted octanol–water partition coefficient (Wildman–Crippen LogP) is 3.61. The molecule has 3 rings (SSSR count). The Morgan fingerprint density at radius 1 is 1.18 bits per heavy atom. The molecule has 2 aromatic rings. The zero-order chi connectivity index (χ0) is 24.2. The van der Waals surface area contributed by atoms with Gasteiger partial charge in [-0.25, -0.2) is 4.79 Å². The van der Waals surface area contributed by atoms with E-state index in [1.165, 1.54) is 18.0 Å². The molecule has 0 bridgehead atoms. The molecular weight excluding hydrogens is 435 g/mol. The Morgan fingerprint density at radius 3 is 2.55 bits per heavy atom. The second-order valence-corrected chi connectivity index (χ2v) is 7.55. The van der Waals surface area contributed by atoms with Crippen LogP contribution >= 0.6 is 0 Å². The van der Waals surface area contributed by atoms with Crippen LogP contribution in [0.5, 0.6) is 0 Å².